The number of rotatable bonds is 2. The zero-order valence-electron chi connectivity index (χ0n) is 14.3. The Hall–Kier alpha value is -3.08. The van der Waals surface area contributed by atoms with E-state index in [4.69, 9.17) is 10.4 Å². The Labute approximate surface area is 150 Å². The van der Waals surface area contributed by atoms with Crippen molar-refractivity contribution in [3.05, 3.63) is 41.2 Å². The van der Waals surface area contributed by atoms with Crippen LogP contribution in [0.5, 0.6) is 0 Å². The third-order valence-corrected chi connectivity index (χ3v) is 5.38. The minimum Gasteiger partial charge on any atom is -0.355 e. The average molecular weight is 346 g/mol. The highest BCUT2D eigenvalue weighted by molar-refractivity contribution is 5.43. The molecule has 0 spiro atoms. The summed E-state index contributed by atoms with van der Waals surface area (Å²) in [6.45, 7) is 1.76. The largest absolute Gasteiger partial charge is 0.355 e. The van der Waals surface area contributed by atoms with E-state index in [0.717, 1.165) is 56.1 Å². The van der Waals surface area contributed by atoms with Crippen molar-refractivity contribution in [2.75, 3.05) is 18.0 Å². The number of fused-ring (bicyclic) bond motifs is 2. The Kier molecular flexibility index (Phi) is 3.52. The molecular formula is C18H18N8. The van der Waals surface area contributed by atoms with E-state index in [1.54, 1.807) is 6.20 Å². The van der Waals surface area contributed by atoms with E-state index in [2.05, 4.69) is 31.1 Å². The van der Waals surface area contributed by atoms with Gasteiger partial charge in [0.2, 0.25) is 0 Å². The maximum absolute atomic E-state index is 8.84. The first kappa shape index (κ1) is 15.2. The van der Waals surface area contributed by atoms with Gasteiger partial charge in [-0.2, -0.15) is 14.9 Å². The first-order valence-electron chi connectivity index (χ1n) is 9.03. The lowest BCUT2D eigenvalue weighted by atomic mass is 9.96. The van der Waals surface area contributed by atoms with Crippen molar-refractivity contribution in [1.82, 2.24) is 29.8 Å². The zero-order chi connectivity index (χ0) is 17.5. The lowest BCUT2D eigenvalue weighted by molar-refractivity contribution is 0.474. The summed E-state index contributed by atoms with van der Waals surface area (Å²) in [6, 6.07) is 4.15. The van der Waals surface area contributed by atoms with Crippen LogP contribution in [-0.2, 0) is 12.8 Å². The highest BCUT2D eigenvalue weighted by atomic mass is 15.4. The molecule has 0 radical (unpaired) electrons. The van der Waals surface area contributed by atoms with Gasteiger partial charge < -0.3 is 4.90 Å². The SMILES string of the molecule is N#Cc1cnc(N2CCC(c3nnc4cc5c(nn34)CCC5)CC2)cn1. The lowest BCUT2D eigenvalue weighted by Crippen LogP contribution is -2.34. The molecule has 1 fully saturated rings. The quantitative estimate of drug-likeness (QED) is 0.696. The van der Waals surface area contributed by atoms with Gasteiger partial charge in [0.15, 0.2) is 17.2 Å². The van der Waals surface area contributed by atoms with Crippen molar-refractivity contribution in [2.24, 2.45) is 0 Å². The molecule has 130 valence electrons. The van der Waals surface area contributed by atoms with Crippen LogP contribution in [0.1, 0.15) is 48.0 Å². The van der Waals surface area contributed by atoms with Gasteiger partial charge in [0.25, 0.3) is 0 Å². The van der Waals surface area contributed by atoms with Gasteiger partial charge in [0.1, 0.15) is 11.9 Å². The Morgan fingerprint density at radius 2 is 1.96 bits per heavy atom. The lowest BCUT2D eigenvalue weighted by Gasteiger charge is -2.31. The Morgan fingerprint density at radius 1 is 1.08 bits per heavy atom. The molecule has 0 saturated carbocycles. The maximum Gasteiger partial charge on any atom is 0.178 e. The first-order valence-corrected chi connectivity index (χ1v) is 9.03. The van der Waals surface area contributed by atoms with Gasteiger partial charge >= 0.3 is 0 Å². The molecule has 0 aromatic carbocycles. The average Bonchev–Trinajstić information content (AvgIpc) is 3.32. The van der Waals surface area contributed by atoms with Crippen molar-refractivity contribution in [3.8, 4) is 6.07 Å². The van der Waals surface area contributed by atoms with E-state index in [1.807, 2.05) is 10.6 Å². The van der Waals surface area contributed by atoms with Crippen LogP contribution in [0.3, 0.4) is 0 Å². The summed E-state index contributed by atoms with van der Waals surface area (Å²) in [5, 5.41) is 22.4. The number of hydrogen-bond donors (Lipinski definition) is 0. The molecule has 0 amide bonds. The highest BCUT2D eigenvalue weighted by Crippen LogP contribution is 2.29. The standard InChI is InChI=1S/C18H18N8/c19-9-14-10-21-17(11-20-14)25-6-4-12(5-7-25)18-23-22-16-8-13-2-1-3-15(13)24-26(16)18/h8,10-12H,1-7H2. The fraction of sp³-hybridized carbons (Fsp3) is 0.444. The summed E-state index contributed by atoms with van der Waals surface area (Å²) in [5.41, 5.74) is 3.73. The molecule has 26 heavy (non-hydrogen) atoms. The van der Waals surface area contributed by atoms with E-state index in [9.17, 15) is 0 Å². The molecule has 5 rings (SSSR count). The van der Waals surface area contributed by atoms with Gasteiger partial charge in [0, 0.05) is 19.0 Å². The fourth-order valence-corrected chi connectivity index (χ4v) is 3.96. The van der Waals surface area contributed by atoms with Crippen molar-refractivity contribution in [2.45, 2.75) is 38.0 Å². The van der Waals surface area contributed by atoms with Crippen molar-refractivity contribution in [1.29, 1.82) is 5.26 Å². The summed E-state index contributed by atoms with van der Waals surface area (Å²) in [6.07, 6.45) is 8.49. The molecule has 3 aromatic heterocycles. The van der Waals surface area contributed by atoms with Gasteiger partial charge in [-0.25, -0.2) is 9.97 Å². The Morgan fingerprint density at radius 3 is 2.73 bits per heavy atom. The minimum absolute atomic E-state index is 0.345. The predicted octanol–water partition coefficient (Wildman–Crippen LogP) is 1.66. The summed E-state index contributed by atoms with van der Waals surface area (Å²) in [7, 11) is 0. The third-order valence-electron chi connectivity index (χ3n) is 5.38. The molecule has 4 heterocycles. The number of aryl methyl sites for hydroxylation is 2. The van der Waals surface area contributed by atoms with Crippen LogP contribution in [0, 0.1) is 11.3 Å². The molecular weight excluding hydrogens is 328 g/mol. The molecule has 1 aliphatic carbocycles. The van der Waals surface area contributed by atoms with E-state index >= 15 is 0 Å². The van der Waals surface area contributed by atoms with Crippen molar-refractivity contribution in [3.63, 3.8) is 0 Å². The highest BCUT2D eigenvalue weighted by Gasteiger charge is 2.26. The molecule has 1 aliphatic heterocycles. The van der Waals surface area contributed by atoms with Gasteiger partial charge in [0.05, 0.1) is 18.1 Å². The van der Waals surface area contributed by atoms with Crippen LogP contribution in [0.25, 0.3) is 5.65 Å². The molecule has 1 saturated heterocycles. The molecule has 8 nitrogen and oxygen atoms in total. The van der Waals surface area contributed by atoms with Gasteiger partial charge in [-0.1, -0.05) is 0 Å². The monoisotopic (exact) mass is 346 g/mol. The second-order valence-corrected chi connectivity index (χ2v) is 6.93. The van der Waals surface area contributed by atoms with E-state index in [1.165, 1.54) is 23.9 Å². The number of piperidine rings is 1. The van der Waals surface area contributed by atoms with Gasteiger partial charge in [-0.3, -0.25) is 0 Å². The van der Waals surface area contributed by atoms with Crippen LogP contribution in [0.15, 0.2) is 18.5 Å². The summed E-state index contributed by atoms with van der Waals surface area (Å²) in [4.78, 5) is 10.7. The molecule has 3 aromatic rings. The second kappa shape index (κ2) is 6.02. The molecule has 2 aliphatic rings. The molecule has 8 heteroatoms. The first-order chi connectivity index (χ1) is 12.8. The van der Waals surface area contributed by atoms with Crippen molar-refractivity contribution < 1.29 is 0 Å². The van der Waals surface area contributed by atoms with Crippen LogP contribution in [0.4, 0.5) is 5.82 Å². The van der Waals surface area contributed by atoms with Gasteiger partial charge in [-0.15, -0.1) is 10.2 Å². The fourth-order valence-electron chi connectivity index (χ4n) is 3.96. The number of hydrogen-bond acceptors (Lipinski definition) is 7. The van der Waals surface area contributed by atoms with Crippen LogP contribution >= 0.6 is 0 Å². The van der Waals surface area contributed by atoms with Crippen LogP contribution in [0.2, 0.25) is 0 Å². The Balaban J connectivity index is 1.35. The van der Waals surface area contributed by atoms with Crippen LogP contribution < -0.4 is 4.90 Å². The smallest absolute Gasteiger partial charge is 0.178 e. The van der Waals surface area contributed by atoms with Crippen molar-refractivity contribution >= 4 is 11.5 Å². The van der Waals surface area contributed by atoms with E-state index in [-0.39, 0.29) is 0 Å². The summed E-state index contributed by atoms with van der Waals surface area (Å²) < 4.78 is 1.95. The summed E-state index contributed by atoms with van der Waals surface area (Å²) in [5.74, 6) is 2.14. The number of aromatic nitrogens is 6. The number of nitrogens with zero attached hydrogens (tertiary/aromatic N) is 8. The predicted molar refractivity (Wildman–Crippen MR) is 93.7 cm³/mol. The second-order valence-electron chi connectivity index (χ2n) is 6.93. The maximum atomic E-state index is 8.84. The minimum atomic E-state index is 0.345. The van der Waals surface area contributed by atoms with E-state index < -0.39 is 0 Å². The summed E-state index contributed by atoms with van der Waals surface area (Å²) >= 11 is 0. The van der Waals surface area contributed by atoms with Gasteiger partial charge in [-0.05, 0) is 43.7 Å². The topological polar surface area (TPSA) is 95.9 Å². The molecule has 0 bridgehead atoms. The number of nitriles is 1. The zero-order valence-corrected chi connectivity index (χ0v) is 14.3. The third kappa shape index (κ3) is 2.47. The van der Waals surface area contributed by atoms with Crippen LogP contribution in [-0.4, -0.2) is 42.9 Å². The Bertz CT molecular complexity index is 992. The molecule has 0 N–H and O–H groups in total. The normalized spacial score (nSPS) is 17.4. The molecule has 0 unspecified atom stereocenters. The molecule has 0 atom stereocenters. The van der Waals surface area contributed by atoms with E-state index in [0.29, 0.717) is 11.6 Å². The number of anilines is 1.